The van der Waals surface area contributed by atoms with Crippen LogP contribution in [0.25, 0.3) is 15.6 Å². The molecule has 0 spiro atoms. The number of ether oxygens (including phenoxy) is 1. The van der Waals surface area contributed by atoms with Gasteiger partial charge >= 0.3 is 6.01 Å². The molecule has 1 saturated heterocycles. The zero-order valence-corrected chi connectivity index (χ0v) is 26.9. The molecule has 2 atom stereocenters. The van der Waals surface area contributed by atoms with Crippen molar-refractivity contribution in [3.05, 3.63) is 77.3 Å². The van der Waals surface area contributed by atoms with E-state index in [2.05, 4.69) is 83.4 Å². The first kappa shape index (κ1) is 30.8. The third kappa shape index (κ3) is 6.34. The molecule has 2 aromatic carbocycles. The number of amides is 1. The monoisotopic (exact) mass is 607 g/mol. The van der Waals surface area contributed by atoms with Gasteiger partial charge in [-0.05, 0) is 69.2 Å². The van der Waals surface area contributed by atoms with Crippen molar-refractivity contribution in [3.63, 3.8) is 0 Å². The lowest BCUT2D eigenvalue weighted by atomic mass is 9.80. The van der Waals surface area contributed by atoms with Gasteiger partial charge in [-0.25, -0.2) is 6.57 Å². The topological polar surface area (TPSA) is 69.4 Å². The predicted octanol–water partition coefficient (Wildman–Crippen LogP) is 5.12. The fraction of sp³-hybridized carbons (Fsp3) is 0.500. The van der Waals surface area contributed by atoms with Crippen molar-refractivity contribution in [1.29, 1.82) is 0 Å². The Morgan fingerprint density at radius 2 is 1.98 bits per heavy atom. The molecule has 236 valence electrons. The number of likely N-dealkylation sites (N-methyl/N-ethyl adjacent to an activating group) is 1. The van der Waals surface area contributed by atoms with Gasteiger partial charge in [0.25, 0.3) is 0 Å². The summed E-state index contributed by atoms with van der Waals surface area (Å²) in [4.78, 5) is 35.1. The van der Waals surface area contributed by atoms with Gasteiger partial charge in [0, 0.05) is 55.4 Å². The number of nitrogens with zero attached hydrogens (tertiary/aromatic N) is 7. The van der Waals surface area contributed by atoms with Crippen LogP contribution in [0.15, 0.2) is 49.1 Å². The second-order valence-electron chi connectivity index (χ2n) is 12.8. The van der Waals surface area contributed by atoms with E-state index in [1.165, 1.54) is 47.4 Å². The van der Waals surface area contributed by atoms with Crippen LogP contribution in [0, 0.1) is 19.4 Å². The molecule has 1 amide bonds. The Labute approximate surface area is 267 Å². The molecule has 2 fully saturated rings. The van der Waals surface area contributed by atoms with Crippen LogP contribution in [0.3, 0.4) is 0 Å². The lowest BCUT2D eigenvalue weighted by molar-refractivity contribution is -0.128. The number of piperazine rings is 1. The number of hydrogen-bond donors (Lipinski definition) is 0. The van der Waals surface area contributed by atoms with E-state index in [-0.39, 0.29) is 18.5 Å². The van der Waals surface area contributed by atoms with E-state index < -0.39 is 0 Å². The summed E-state index contributed by atoms with van der Waals surface area (Å²) in [7, 11) is 2.18. The molecule has 3 aromatic rings. The van der Waals surface area contributed by atoms with Crippen LogP contribution in [0.5, 0.6) is 6.01 Å². The Bertz CT molecular complexity index is 1590. The minimum absolute atomic E-state index is 0.127. The highest BCUT2D eigenvalue weighted by Crippen LogP contribution is 2.36. The first-order valence-corrected chi connectivity index (χ1v) is 16.3. The molecular weight excluding hydrogens is 562 g/mol. The molecule has 3 heterocycles. The molecule has 2 aliphatic heterocycles. The van der Waals surface area contributed by atoms with E-state index in [4.69, 9.17) is 21.3 Å². The zero-order chi connectivity index (χ0) is 31.5. The van der Waals surface area contributed by atoms with Crippen LogP contribution < -0.4 is 14.5 Å². The summed E-state index contributed by atoms with van der Waals surface area (Å²) in [6.07, 6.45) is 6.12. The molecule has 0 unspecified atom stereocenters. The van der Waals surface area contributed by atoms with Gasteiger partial charge in [-0.1, -0.05) is 43.3 Å². The molecule has 45 heavy (non-hydrogen) atoms. The highest BCUT2D eigenvalue weighted by molar-refractivity contribution is 5.97. The molecule has 9 nitrogen and oxygen atoms in total. The summed E-state index contributed by atoms with van der Waals surface area (Å²) < 4.78 is 6.30. The van der Waals surface area contributed by atoms with Crippen LogP contribution >= 0.6 is 0 Å². The summed E-state index contributed by atoms with van der Waals surface area (Å²) >= 11 is 0. The fourth-order valence-electron chi connectivity index (χ4n) is 7.17. The van der Waals surface area contributed by atoms with E-state index in [9.17, 15) is 4.79 Å². The normalized spacial score (nSPS) is 19.2. The second-order valence-corrected chi connectivity index (χ2v) is 12.8. The van der Waals surface area contributed by atoms with E-state index >= 15 is 0 Å². The third-order valence-corrected chi connectivity index (χ3v) is 10.2. The van der Waals surface area contributed by atoms with Gasteiger partial charge in [-0.3, -0.25) is 4.79 Å². The quantitative estimate of drug-likeness (QED) is 0.234. The van der Waals surface area contributed by atoms with Crippen molar-refractivity contribution < 1.29 is 9.53 Å². The smallest absolute Gasteiger partial charge is 0.318 e. The number of hydrogen-bond acceptors (Lipinski definition) is 7. The van der Waals surface area contributed by atoms with Crippen LogP contribution in [-0.4, -0.2) is 90.7 Å². The molecule has 6 rings (SSSR count). The number of rotatable bonds is 10. The minimum atomic E-state index is -0.225. The standard InChI is InChI=1S/C36H45N7O2/c1-6-33(44)43-19-18-42(23-29(43)22-37-4)35-30-16-17-41(32-15-9-14-28-13-7-10-25(2)34(28)32)24-31(30)38-36(39-35)45-21-20-40(5)26(3)27-11-8-12-27/h6-7,9-10,13-15,26-27,29H,1,8,11-12,16-24H2,2-3,5H3/t26-,29+/m1/s1. The summed E-state index contributed by atoms with van der Waals surface area (Å²) in [5.41, 5.74) is 4.60. The van der Waals surface area contributed by atoms with Crippen LogP contribution in [0.4, 0.5) is 11.5 Å². The maximum Gasteiger partial charge on any atom is 0.318 e. The van der Waals surface area contributed by atoms with Crippen LogP contribution in [-0.2, 0) is 17.8 Å². The Balaban J connectivity index is 1.29. The van der Waals surface area contributed by atoms with Crippen molar-refractivity contribution in [2.24, 2.45) is 5.92 Å². The van der Waals surface area contributed by atoms with Crippen LogP contribution in [0.2, 0.25) is 0 Å². The molecule has 0 radical (unpaired) electrons. The molecule has 1 saturated carbocycles. The van der Waals surface area contributed by atoms with Crippen molar-refractivity contribution in [1.82, 2.24) is 19.8 Å². The average Bonchev–Trinajstić information content (AvgIpc) is 3.03. The van der Waals surface area contributed by atoms with Gasteiger partial charge in [0.2, 0.25) is 12.5 Å². The number of aromatic nitrogens is 2. The second kappa shape index (κ2) is 13.5. The lowest BCUT2D eigenvalue weighted by Crippen LogP contribution is -2.56. The fourth-order valence-corrected chi connectivity index (χ4v) is 7.17. The third-order valence-electron chi connectivity index (χ3n) is 10.2. The minimum Gasteiger partial charge on any atom is -0.462 e. The molecule has 0 bridgehead atoms. The molecular formula is C36H45N7O2. The zero-order valence-electron chi connectivity index (χ0n) is 26.9. The highest BCUT2D eigenvalue weighted by Gasteiger charge is 2.35. The van der Waals surface area contributed by atoms with Crippen LogP contribution in [0.1, 0.15) is 43.0 Å². The SMILES string of the molecule is [C-]#[N+]C[C@H]1CN(c2nc(OCCN(C)[C@H](C)C3CCC3)nc3c2CCN(c2cccc4cccc(C)c24)C3)CCN1C(=O)C=C. The maximum atomic E-state index is 12.6. The highest BCUT2D eigenvalue weighted by atomic mass is 16.5. The van der Waals surface area contributed by atoms with Gasteiger partial charge in [0.1, 0.15) is 18.5 Å². The van der Waals surface area contributed by atoms with Gasteiger partial charge in [-0.15, -0.1) is 0 Å². The van der Waals surface area contributed by atoms with Crippen molar-refractivity contribution in [2.75, 3.05) is 62.7 Å². The first-order chi connectivity index (χ1) is 21.9. The predicted molar refractivity (Wildman–Crippen MR) is 180 cm³/mol. The lowest BCUT2D eigenvalue weighted by Gasteiger charge is -2.41. The summed E-state index contributed by atoms with van der Waals surface area (Å²) in [6.45, 7) is 20.5. The number of carbonyl (C=O) groups excluding carboxylic acids is 1. The first-order valence-electron chi connectivity index (χ1n) is 16.3. The molecule has 1 aromatic heterocycles. The summed E-state index contributed by atoms with van der Waals surface area (Å²) in [5, 5.41) is 2.52. The van der Waals surface area contributed by atoms with Gasteiger partial charge in [0.15, 0.2) is 0 Å². The van der Waals surface area contributed by atoms with E-state index in [0.29, 0.717) is 44.8 Å². The van der Waals surface area contributed by atoms with E-state index in [0.717, 1.165) is 42.5 Å². The van der Waals surface area contributed by atoms with Crippen molar-refractivity contribution in [3.8, 4) is 6.01 Å². The van der Waals surface area contributed by atoms with Gasteiger partial charge in [0.05, 0.1) is 12.2 Å². The van der Waals surface area contributed by atoms with Gasteiger partial charge < -0.3 is 29.2 Å². The number of anilines is 2. The van der Waals surface area contributed by atoms with Crippen molar-refractivity contribution >= 4 is 28.2 Å². The molecule has 3 aliphatic rings. The maximum absolute atomic E-state index is 12.6. The van der Waals surface area contributed by atoms with Gasteiger partial charge in [-0.2, -0.15) is 9.97 Å². The number of fused-ring (bicyclic) bond motifs is 2. The summed E-state index contributed by atoms with van der Waals surface area (Å²) in [6, 6.07) is 13.7. The number of carbonyl (C=O) groups is 1. The molecule has 9 heteroatoms. The summed E-state index contributed by atoms with van der Waals surface area (Å²) in [5.74, 6) is 1.53. The van der Waals surface area contributed by atoms with E-state index in [1.807, 2.05) is 0 Å². The van der Waals surface area contributed by atoms with E-state index in [1.54, 1.807) is 4.90 Å². The number of benzene rings is 2. The Hall–Kier alpha value is -4.16. The van der Waals surface area contributed by atoms with Crippen molar-refractivity contribution in [2.45, 2.75) is 58.2 Å². The molecule has 0 N–H and O–H groups in total. The average molecular weight is 608 g/mol. The Kier molecular flexibility index (Phi) is 9.22. The Morgan fingerprint density at radius 1 is 1.18 bits per heavy atom. The largest absolute Gasteiger partial charge is 0.462 e. The Morgan fingerprint density at radius 3 is 2.71 bits per heavy atom. The molecule has 1 aliphatic carbocycles. The number of aryl methyl sites for hydroxylation is 1.